The van der Waals surface area contributed by atoms with Crippen molar-refractivity contribution in [3.05, 3.63) is 77.3 Å². The van der Waals surface area contributed by atoms with Crippen molar-refractivity contribution in [2.75, 3.05) is 20.6 Å². The van der Waals surface area contributed by atoms with Crippen molar-refractivity contribution in [1.29, 1.82) is 0 Å². The molecule has 3 aromatic rings. The van der Waals surface area contributed by atoms with Crippen LogP contribution in [0.1, 0.15) is 27.4 Å². The van der Waals surface area contributed by atoms with E-state index in [9.17, 15) is 4.79 Å². The maximum atomic E-state index is 12.8. The van der Waals surface area contributed by atoms with E-state index in [-0.39, 0.29) is 11.9 Å². The van der Waals surface area contributed by atoms with Crippen LogP contribution in [0.2, 0.25) is 0 Å². The number of hydrogen-bond donors (Lipinski definition) is 1. The van der Waals surface area contributed by atoms with Gasteiger partial charge < -0.3 is 14.7 Å². The van der Waals surface area contributed by atoms with E-state index >= 15 is 0 Å². The zero-order valence-corrected chi connectivity index (χ0v) is 17.8. The van der Waals surface area contributed by atoms with E-state index in [2.05, 4.69) is 32.5 Å². The molecule has 0 aliphatic rings. The van der Waals surface area contributed by atoms with Crippen LogP contribution in [0.25, 0.3) is 0 Å². The topological polar surface area (TPSA) is 71.3 Å². The van der Waals surface area contributed by atoms with E-state index in [1.807, 2.05) is 45.3 Å². The third-order valence-electron chi connectivity index (χ3n) is 4.59. The van der Waals surface area contributed by atoms with Crippen molar-refractivity contribution in [3.63, 3.8) is 0 Å². The molecule has 0 spiro atoms. The number of aromatic nitrogens is 2. The van der Waals surface area contributed by atoms with Crippen molar-refractivity contribution in [2.24, 2.45) is 0 Å². The molecule has 1 aromatic carbocycles. The fourth-order valence-electron chi connectivity index (χ4n) is 2.94. The summed E-state index contributed by atoms with van der Waals surface area (Å²) in [6.45, 7) is 2.42. The molecule has 0 fully saturated rings. The quantitative estimate of drug-likeness (QED) is 0.544. The predicted octanol–water partition coefficient (Wildman–Crippen LogP) is 3.57. The van der Waals surface area contributed by atoms with Gasteiger partial charge in [-0.25, -0.2) is 4.98 Å². The van der Waals surface area contributed by atoms with E-state index in [1.165, 1.54) is 17.3 Å². The molecule has 1 amide bonds. The van der Waals surface area contributed by atoms with Gasteiger partial charge in [0.25, 0.3) is 5.91 Å². The summed E-state index contributed by atoms with van der Waals surface area (Å²) in [5.74, 6) is 1.26. The molecule has 0 aliphatic carbocycles. The predicted molar refractivity (Wildman–Crippen MR) is 115 cm³/mol. The van der Waals surface area contributed by atoms with Gasteiger partial charge in [0.15, 0.2) is 0 Å². The number of benzene rings is 1. The fourth-order valence-corrected chi connectivity index (χ4v) is 3.81. The summed E-state index contributed by atoms with van der Waals surface area (Å²) in [6, 6.07) is 16.0. The van der Waals surface area contributed by atoms with Crippen LogP contribution in [-0.4, -0.2) is 47.6 Å². The van der Waals surface area contributed by atoms with Crippen molar-refractivity contribution in [2.45, 2.75) is 30.2 Å². The highest BCUT2D eigenvalue weighted by atomic mass is 32.2. The summed E-state index contributed by atoms with van der Waals surface area (Å²) < 4.78 is 5.10. The number of aryl methyl sites for hydroxylation is 1. The lowest BCUT2D eigenvalue weighted by molar-refractivity contribution is 0.0938. The Morgan fingerprint density at radius 3 is 2.69 bits per heavy atom. The lowest BCUT2D eigenvalue weighted by Crippen LogP contribution is -2.41. The molecule has 0 radical (unpaired) electrons. The molecule has 1 N–H and O–H groups in total. The zero-order chi connectivity index (χ0) is 20.6. The first-order valence-electron chi connectivity index (χ1n) is 9.51. The van der Waals surface area contributed by atoms with E-state index in [1.54, 1.807) is 18.3 Å². The number of amides is 1. The number of hydrogen-bond acceptors (Lipinski definition) is 6. The average molecular weight is 411 g/mol. The summed E-state index contributed by atoms with van der Waals surface area (Å²) in [6.07, 6.45) is 2.57. The van der Waals surface area contributed by atoms with Crippen LogP contribution >= 0.6 is 11.8 Å². The van der Waals surface area contributed by atoms with Gasteiger partial charge in [-0.05, 0) is 45.1 Å². The number of rotatable bonds is 9. The van der Waals surface area contributed by atoms with E-state index in [0.29, 0.717) is 22.9 Å². The molecule has 7 heteroatoms. The first-order valence-corrected chi connectivity index (χ1v) is 10.5. The van der Waals surface area contributed by atoms with Gasteiger partial charge in [0.05, 0.1) is 11.3 Å². The smallest absolute Gasteiger partial charge is 0.254 e. The zero-order valence-electron chi connectivity index (χ0n) is 17.0. The highest BCUT2D eigenvalue weighted by Gasteiger charge is 2.17. The Bertz CT molecular complexity index is 927. The van der Waals surface area contributed by atoms with Crippen LogP contribution in [-0.2, 0) is 12.2 Å². The molecule has 0 saturated carbocycles. The number of thioether (sulfide) groups is 1. The Kier molecular flexibility index (Phi) is 7.43. The molecule has 0 bridgehead atoms. The van der Waals surface area contributed by atoms with Crippen molar-refractivity contribution in [1.82, 2.24) is 20.4 Å². The highest BCUT2D eigenvalue weighted by molar-refractivity contribution is 7.98. The molecule has 152 valence electrons. The Labute approximate surface area is 175 Å². The van der Waals surface area contributed by atoms with Crippen LogP contribution < -0.4 is 5.32 Å². The summed E-state index contributed by atoms with van der Waals surface area (Å²) in [7, 11) is 4.07. The molecular formula is C22H26N4O2S. The standard InChI is InChI=1S/C22H26N4O2S/c1-16-12-18(25-28-16)15-29-22-20(10-7-11-23-22)21(27)24-14-19(26(2)3)13-17-8-5-4-6-9-17/h4-12,19H,13-15H2,1-3H3,(H,24,27). The SMILES string of the molecule is Cc1cc(CSc2ncccc2C(=O)NCC(Cc2ccccc2)N(C)C)no1. The number of nitrogens with zero attached hydrogens (tertiary/aromatic N) is 3. The third kappa shape index (κ3) is 6.17. The highest BCUT2D eigenvalue weighted by Crippen LogP contribution is 2.24. The number of pyridine rings is 1. The fraction of sp³-hybridized carbons (Fsp3) is 0.318. The van der Waals surface area contributed by atoms with Gasteiger partial charge in [-0.3, -0.25) is 4.79 Å². The van der Waals surface area contributed by atoms with Gasteiger partial charge in [0.1, 0.15) is 10.8 Å². The molecule has 1 unspecified atom stereocenters. The average Bonchev–Trinajstić information content (AvgIpc) is 3.15. The lowest BCUT2D eigenvalue weighted by atomic mass is 10.1. The molecule has 1 atom stereocenters. The number of carbonyl (C=O) groups excluding carboxylic acids is 1. The lowest BCUT2D eigenvalue weighted by Gasteiger charge is -2.25. The summed E-state index contributed by atoms with van der Waals surface area (Å²) in [4.78, 5) is 19.4. The molecule has 2 aromatic heterocycles. The molecule has 29 heavy (non-hydrogen) atoms. The molecule has 6 nitrogen and oxygen atoms in total. The molecule has 3 rings (SSSR count). The largest absolute Gasteiger partial charge is 0.361 e. The van der Waals surface area contributed by atoms with Gasteiger partial charge in [0, 0.05) is 30.6 Å². The third-order valence-corrected chi connectivity index (χ3v) is 5.63. The summed E-state index contributed by atoms with van der Waals surface area (Å²) >= 11 is 1.48. The first-order chi connectivity index (χ1) is 14.0. The van der Waals surface area contributed by atoms with Crippen molar-refractivity contribution >= 4 is 17.7 Å². The second kappa shape index (κ2) is 10.2. The Hall–Kier alpha value is -2.64. The Morgan fingerprint density at radius 2 is 2.00 bits per heavy atom. The Morgan fingerprint density at radius 1 is 1.21 bits per heavy atom. The maximum Gasteiger partial charge on any atom is 0.254 e. The summed E-state index contributed by atoms with van der Waals surface area (Å²) in [5.41, 5.74) is 2.66. The number of nitrogens with one attached hydrogen (secondary N) is 1. The van der Waals surface area contributed by atoms with Gasteiger partial charge in [-0.2, -0.15) is 0 Å². The minimum atomic E-state index is -0.114. The molecule has 2 heterocycles. The minimum absolute atomic E-state index is 0.114. The van der Waals surface area contributed by atoms with Gasteiger partial charge >= 0.3 is 0 Å². The summed E-state index contributed by atoms with van der Waals surface area (Å²) in [5, 5.41) is 7.76. The van der Waals surface area contributed by atoms with Crippen LogP contribution in [0.3, 0.4) is 0 Å². The second-order valence-electron chi connectivity index (χ2n) is 7.09. The van der Waals surface area contributed by atoms with E-state index in [0.717, 1.165) is 17.9 Å². The minimum Gasteiger partial charge on any atom is -0.361 e. The first kappa shape index (κ1) is 21.1. The van der Waals surface area contributed by atoms with Gasteiger partial charge in [-0.15, -0.1) is 0 Å². The van der Waals surface area contributed by atoms with E-state index in [4.69, 9.17) is 4.52 Å². The van der Waals surface area contributed by atoms with Gasteiger partial charge in [-0.1, -0.05) is 47.3 Å². The number of carbonyl (C=O) groups is 1. The normalized spacial score (nSPS) is 12.1. The van der Waals surface area contributed by atoms with Crippen LogP contribution in [0.5, 0.6) is 0 Å². The van der Waals surface area contributed by atoms with Crippen molar-refractivity contribution < 1.29 is 9.32 Å². The van der Waals surface area contributed by atoms with Crippen LogP contribution in [0.4, 0.5) is 0 Å². The van der Waals surface area contributed by atoms with Crippen LogP contribution in [0, 0.1) is 6.92 Å². The second-order valence-corrected chi connectivity index (χ2v) is 8.05. The Balaban J connectivity index is 1.62. The maximum absolute atomic E-state index is 12.8. The van der Waals surface area contributed by atoms with Gasteiger partial charge in [0.2, 0.25) is 0 Å². The van der Waals surface area contributed by atoms with Crippen LogP contribution in [0.15, 0.2) is 64.3 Å². The van der Waals surface area contributed by atoms with Crippen molar-refractivity contribution in [3.8, 4) is 0 Å². The molecule has 0 aliphatic heterocycles. The number of likely N-dealkylation sites (N-methyl/N-ethyl adjacent to an activating group) is 1. The molecular weight excluding hydrogens is 384 g/mol. The molecule has 0 saturated heterocycles. The monoisotopic (exact) mass is 410 g/mol. The van der Waals surface area contributed by atoms with E-state index < -0.39 is 0 Å².